The number of hydrogen-bond donors (Lipinski definition) is 4. The number of rotatable bonds is 6. The Hall–Kier alpha value is -1.72. The van der Waals surface area contributed by atoms with Gasteiger partial charge in [-0.15, -0.1) is 0 Å². The number of halogens is 1. The number of aromatic nitrogens is 1. The number of amides is 2. The minimum absolute atomic E-state index is 0.0292. The molecule has 0 saturated heterocycles. The molecule has 0 aliphatic carbocycles. The number of hydrogen-bond acceptors (Lipinski definition) is 2. The van der Waals surface area contributed by atoms with Gasteiger partial charge in [0.25, 0.3) is 0 Å². The fourth-order valence-corrected chi connectivity index (χ4v) is 2.40. The van der Waals surface area contributed by atoms with Crippen LogP contribution >= 0.6 is 11.6 Å². The second kappa shape index (κ2) is 7.51. The van der Waals surface area contributed by atoms with Crippen molar-refractivity contribution in [3.63, 3.8) is 0 Å². The highest BCUT2D eigenvalue weighted by Crippen LogP contribution is 2.22. The van der Waals surface area contributed by atoms with Gasteiger partial charge in [-0.3, -0.25) is 0 Å². The van der Waals surface area contributed by atoms with Crippen molar-refractivity contribution in [2.24, 2.45) is 5.92 Å². The number of H-pyrrole nitrogens is 1. The molecule has 6 heteroatoms. The van der Waals surface area contributed by atoms with Gasteiger partial charge in [0.05, 0.1) is 0 Å². The van der Waals surface area contributed by atoms with Crippen LogP contribution in [0.1, 0.15) is 19.4 Å². The van der Waals surface area contributed by atoms with E-state index in [0.717, 1.165) is 22.9 Å². The third-order valence-electron chi connectivity index (χ3n) is 3.91. The van der Waals surface area contributed by atoms with E-state index in [4.69, 9.17) is 16.7 Å². The van der Waals surface area contributed by atoms with Crippen LogP contribution in [0, 0.1) is 5.92 Å². The average Bonchev–Trinajstić information content (AvgIpc) is 2.88. The van der Waals surface area contributed by atoms with Gasteiger partial charge in [0.15, 0.2) is 0 Å². The first-order valence-electron chi connectivity index (χ1n) is 7.42. The number of nitrogens with one attached hydrogen (secondary N) is 3. The molecule has 120 valence electrons. The van der Waals surface area contributed by atoms with Crippen LogP contribution in [0.15, 0.2) is 24.4 Å². The molecule has 0 aliphatic rings. The molecule has 1 heterocycles. The third kappa shape index (κ3) is 4.15. The molecule has 0 radical (unpaired) electrons. The lowest BCUT2D eigenvalue weighted by atomic mass is 10.1. The van der Waals surface area contributed by atoms with Crippen molar-refractivity contribution in [1.29, 1.82) is 0 Å². The molecule has 22 heavy (non-hydrogen) atoms. The zero-order valence-electron chi connectivity index (χ0n) is 12.8. The van der Waals surface area contributed by atoms with E-state index < -0.39 is 0 Å². The second-order valence-corrected chi connectivity index (χ2v) is 6.04. The molecule has 1 aromatic carbocycles. The van der Waals surface area contributed by atoms with E-state index in [1.165, 1.54) is 0 Å². The molecule has 2 unspecified atom stereocenters. The van der Waals surface area contributed by atoms with Gasteiger partial charge in [-0.2, -0.15) is 0 Å². The summed E-state index contributed by atoms with van der Waals surface area (Å²) in [6.07, 6.45) is 2.66. The molecule has 2 amide bonds. The first kappa shape index (κ1) is 16.6. The number of carbonyl (C=O) groups is 1. The lowest BCUT2D eigenvalue weighted by molar-refractivity contribution is 0.200. The Labute approximate surface area is 135 Å². The van der Waals surface area contributed by atoms with Crippen LogP contribution in [0.5, 0.6) is 0 Å². The Bertz CT molecular complexity index is 641. The predicted octanol–water partition coefficient (Wildman–Crippen LogP) is 2.68. The molecular weight excluding hydrogens is 302 g/mol. The van der Waals surface area contributed by atoms with E-state index >= 15 is 0 Å². The molecule has 0 spiro atoms. The average molecular weight is 324 g/mol. The minimum Gasteiger partial charge on any atom is -0.396 e. The summed E-state index contributed by atoms with van der Waals surface area (Å²) in [7, 11) is 0. The van der Waals surface area contributed by atoms with E-state index in [-0.39, 0.29) is 24.6 Å². The maximum Gasteiger partial charge on any atom is 0.315 e. The van der Waals surface area contributed by atoms with Gasteiger partial charge in [-0.1, -0.05) is 18.5 Å². The zero-order valence-corrected chi connectivity index (χ0v) is 13.6. The third-order valence-corrected chi connectivity index (χ3v) is 4.14. The predicted molar refractivity (Wildman–Crippen MR) is 89.3 cm³/mol. The Morgan fingerprint density at radius 1 is 1.41 bits per heavy atom. The van der Waals surface area contributed by atoms with Crippen LogP contribution in [0.2, 0.25) is 5.02 Å². The minimum atomic E-state index is -0.217. The normalized spacial score (nSPS) is 13.8. The molecule has 5 nitrogen and oxygen atoms in total. The van der Waals surface area contributed by atoms with E-state index in [9.17, 15) is 4.79 Å². The molecule has 2 aromatic rings. The maximum atomic E-state index is 11.8. The number of aromatic amines is 1. The van der Waals surface area contributed by atoms with Crippen LogP contribution in [-0.2, 0) is 6.42 Å². The fourth-order valence-electron chi connectivity index (χ4n) is 2.23. The largest absolute Gasteiger partial charge is 0.396 e. The lowest BCUT2D eigenvalue weighted by Gasteiger charge is -2.19. The lowest BCUT2D eigenvalue weighted by Crippen LogP contribution is -2.44. The van der Waals surface area contributed by atoms with Gasteiger partial charge in [-0.25, -0.2) is 4.79 Å². The smallest absolute Gasteiger partial charge is 0.315 e. The highest BCUT2D eigenvalue weighted by molar-refractivity contribution is 6.31. The standard InChI is InChI=1S/C16H22ClN3O2/c1-10(9-21)11(2)20-16(22)18-6-5-12-8-19-15-4-3-13(17)7-14(12)15/h3-4,7-8,10-11,19,21H,5-6,9H2,1-2H3,(H2,18,20,22). The van der Waals surface area contributed by atoms with Crippen molar-refractivity contribution in [2.75, 3.05) is 13.2 Å². The van der Waals surface area contributed by atoms with E-state index in [1.54, 1.807) is 0 Å². The van der Waals surface area contributed by atoms with E-state index in [1.807, 2.05) is 38.2 Å². The molecule has 2 atom stereocenters. The summed E-state index contributed by atoms with van der Waals surface area (Å²) in [5.74, 6) is 0.0292. The van der Waals surface area contributed by atoms with Gasteiger partial charge in [0, 0.05) is 41.3 Å². The van der Waals surface area contributed by atoms with Crippen molar-refractivity contribution >= 4 is 28.5 Å². The first-order valence-corrected chi connectivity index (χ1v) is 7.79. The Morgan fingerprint density at radius 2 is 2.18 bits per heavy atom. The molecule has 0 aliphatic heterocycles. The molecular formula is C16H22ClN3O2. The van der Waals surface area contributed by atoms with Crippen LogP contribution < -0.4 is 10.6 Å². The SMILES string of the molecule is CC(CO)C(C)NC(=O)NCCc1c[nH]c2ccc(Cl)cc12. The van der Waals surface area contributed by atoms with Crippen molar-refractivity contribution in [3.05, 3.63) is 35.0 Å². The quantitative estimate of drug-likeness (QED) is 0.659. The number of aliphatic hydroxyl groups is 1. The van der Waals surface area contributed by atoms with Crippen LogP contribution in [-0.4, -0.2) is 35.3 Å². The van der Waals surface area contributed by atoms with E-state index in [0.29, 0.717) is 11.6 Å². The Morgan fingerprint density at radius 3 is 2.91 bits per heavy atom. The summed E-state index contributed by atoms with van der Waals surface area (Å²) >= 11 is 6.02. The highest BCUT2D eigenvalue weighted by Gasteiger charge is 2.13. The van der Waals surface area contributed by atoms with Gasteiger partial charge in [-0.05, 0) is 43.0 Å². The molecule has 0 bridgehead atoms. The number of urea groups is 1. The monoisotopic (exact) mass is 323 g/mol. The fraction of sp³-hybridized carbons (Fsp3) is 0.438. The van der Waals surface area contributed by atoms with Crippen LogP contribution in [0.4, 0.5) is 4.79 Å². The van der Waals surface area contributed by atoms with E-state index in [2.05, 4.69) is 15.6 Å². The van der Waals surface area contributed by atoms with Gasteiger partial charge in [0.2, 0.25) is 0 Å². The number of fused-ring (bicyclic) bond motifs is 1. The second-order valence-electron chi connectivity index (χ2n) is 5.60. The first-order chi connectivity index (χ1) is 10.5. The van der Waals surface area contributed by atoms with Crippen LogP contribution in [0.3, 0.4) is 0 Å². The van der Waals surface area contributed by atoms with Crippen LogP contribution in [0.25, 0.3) is 10.9 Å². The van der Waals surface area contributed by atoms with Gasteiger partial charge in [0.1, 0.15) is 0 Å². The number of aliphatic hydroxyl groups excluding tert-OH is 1. The summed E-state index contributed by atoms with van der Waals surface area (Å²) in [4.78, 5) is 15.0. The van der Waals surface area contributed by atoms with Crippen molar-refractivity contribution in [3.8, 4) is 0 Å². The Balaban J connectivity index is 1.85. The summed E-state index contributed by atoms with van der Waals surface area (Å²) in [5, 5.41) is 16.5. The molecule has 1 aromatic heterocycles. The van der Waals surface area contributed by atoms with Crippen molar-refractivity contribution < 1.29 is 9.90 Å². The summed E-state index contributed by atoms with van der Waals surface area (Å²) in [6, 6.07) is 5.43. The van der Waals surface area contributed by atoms with Gasteiger partial charge < -0.3 is 20.7 Å². The van der Waals surface area contributed by atoms with Gasteiger partial charge >= 0.3 is 6.03 Å². The summed E-state index contributed by atoms with van der Waals surface area (Å²) in [5.41, 5.74) is 2.16. The molecule has 4 N–H and O–H groups in total. The highest BCUT2D eigenvalue weighted by atomic mass is 35.5. The molecule has 0 fully saturated rings. The van der Waals surface area contributed by atoms with Crippen molar-refractivity contribution in [1.82, 2.24) is 15.6 Å². The zero-order chi connectivity index (χ0) is 16.1. The summed E-state index contributed by atoms with van der Waals surface area (Å²) < 4.78 is 0. The number of benzene rings is 1. The van der Waals surface area contributed by atoms with Crippen molar-refractivity contribution in [2.45, 2.75) is 26.3 Å². The maximum absolute atomic E-state index is 11.8. The molecule has 2 rings (SSSR count). The number of carbonyl (C=O) groups excluding carboxylic acids is 1. The summed E-state index contributed by atoms with van der Waals surface area (Å²) in [6.45, 7) is 4.35. The molecule has 0 saturated carbocycles. The Kier molecular flexibility index (Phi) is 5.69. The topological polar surface area (TPSA) is 77.2 Å².